The molecular formula is C25H31N3O4S. The highest BCUT2D eigenvalue weighted by atomic mass is 32.1. The molecule has 0 unspecified atom stereocenters. The third-order valence-corrected chi connectivity index (χ3v) is 6.43. The molecule has 0 spiro atoms. The lowest BCUT2D eigenvalue weighted by molar-refractivity contribution is -0.139. The molecule has 0 saturated heterocycles. The number of para-hydroxylation sites is 1. The molecule has 0 aliphatic heterocycles. The number of hydrogen-bond acceptors (Lipinski definition) is 5. The van der Waals surface area contributed by atoms with E-state index in [2.05, 4.69) is 17.2 Å². The maximum Gasteiger partial charge on any atom is 0.261 e. The summed E-state index contributed by atoms with van der Waals surface area (Å²) in [5.74, 6) is -0.402. The van der Waals surface area contributed by atoms with Crippen molar-refractivity contribution in [2.75, 3.05) is 19.7 Å². The third kappa shape index (κ3) is 6.44. The first-order valence-corrected chi connectivity index (χ1v) is 12.2. The SMILES string of the molecule is C=CCN(C(=O)CNC(=O)c1cccs1)[C@H](C(=O)NC1CCCC1)c1ccccc1OCC. The average Bonchev–Trinajstić information content (AvgIpc) is 3.53. The fourth-order valence-electron chi connectivity index (χ4n) is 4.04. The van der Waals surface area contributed by atoms with Crippen LogP contribution in [0.1, 0.15) is 53.9 Å². The summed E-state index contributed by atoms with van der Waals surface area (Å²) in [6.45, 7) is 6.00. The van der Waals surface area contributed by atoms with E-state index in [-0.39, 0.29) is 36.9 Å². The molecule has 1 heterocycles. The van der Waals surface area contributed by atoms with Crippen molar-refractivity contribution < 1.29 is 19.1 Å². The van der Waals surface area contributed by atoms with Crippen LogP contribution in [0.4, 0.5) is 0 Å². The first-order chi connectivity index (χ1) is 16.0. The van der Waals surface area contributed by atoms with Gasteiger partial charge in [0.1, 0.15) is 11.8 Å². The van der Waals surface area contributed by atoms with E-state index >= 15 is 0 Å². The lowest BCUT2D eigenvalue weighted by Crippen LogP contribution is -2.49. The van der Waals surface area contributed by atoms with Crippen molar-refractivity contribution in [1.82, 2.24) is 15.5 Å². The number of carbonyl (C=O) groups excluding carboxylic acids is 3. The Morgan fingerprint density at radius 2 is 1.97 bits per heavy atom. The molecule has 3 rings (SSSR count). The van der Waals surface area contributed by atoms with Gasteiger partial charge in [-0.05, 0) is 37.3 Å². The highest BCUT2D eigenvalue weighted by Crippen LogP contribution is 2.31. The van der Waals surface area contributed by atoms with Crippen LogP contribution in [-0.2, 0) is 9.59 Å². The standard InChI is InChI=1S/C25H31N3O4S/c1-3-15-28(22(29)17-26-24(30)21-14-9-16-33-21)23(25(31)27-18-10-5-6-11-18)19-12-7-8-13-20(19)32-4-2/h3,7-9,12-14,16,18,23H,1,4-6,10-11,15,17H2,2H3,(H,26,30)(H,27,31)/t23-/m0/s1. The molecule has 7 nitrogen and oxygen atoms in total. The minimum absolute atomic E-state index is 0.0958. The van der Waals surface area contributed by atoms with E-state index in [1.807, 2.05) is 19.1 Å². The van der Waals surface area contributed by atoms with E-state index in [1.54, 1.807) is 35.7 Å². The summed E-state index contributed by atoms with van der Waals surface area (Å²) < 4.78 is 5.78. The third-order valence-electron chi connectivity index (χ3n) is 5.57. The van der Waals surface area contributed by atoms with Gasteiger partial charge in [-0.3, -0.25) is 14.4 Å². The summed E-state index contributed by atoms with van der Waals surface area (Å²) in [7, 11) is 0. The van der Waals surface area contributed by atoms with Crippen LogP contribution < -0.4 is 15.4 Å². The molecule has 2 N–H and O–H groups in total. The minimum Gasteiger partial charge on any atom is -0.494 e. The normalized spacial score (nSPS) is 14.3. The number of hydrogen-bond donors (Lipinski definition) is 2. The molecule has 2 aromatic rings. The van der Waals surface area contributed by atoms with Crippen LogP contribution in [0.15, 0.2) is 54.4 Å². The Kier molecular flexibility index (Phi) is 9.06. The van der Waals surface area contributed by atoms with Crippen molar-refractivity contribution in [3.8, 4) is 5.75 Å². The topological polar surface area (TPSA) is 87.7 Å². The Labute approximate surface area is 198 Å². The molecule has 1 aromatic carbocycles. The van der Waals surface area contributed by atoms with E-state index in [1.165, 1.54) is 16.2 Å². The van der Waals surface area contributed by atoms with Gasteiger partial charge in [0.05, 0.1) is 18.0 Å². The number of carbonyl (C=O) groups is 3. The molecule has 176 valence electrons. The second-order valence-corrected chi connectivity index (χ2v) is 8.81. The number of rotatable bonds is 11. The number of nitrogens with zero attached hydrogens (tertiary/aromatic N) is 1. The minimum atomic E-state index is -0.905. The number of nitrogens with one attached hydrogen (secondary N) is 2. The monoisotopic (exact) mass is 469 g/mol. The van der Waals surface area contributed by atoms with Gasteiger partial charge in [-0.15, -0.1) is 17.9 Å². The Bertz CT molecular complexity index is 954. The van der Waals surface area contributed by atoms with Crippen molar-refractivity contribution in [2.24, 2.45) is 0 Å². The zero-order valence-electron chi connectivity index (χ0n) is 18.9. The zero-order valence-corrected chi connectivity index (χ0v) is 19.7. The maximum atomic E-state index is 13.5. The number of thiophene rings is 1. The summed E-state index contributed by atoms with van der Waals surface area (Å²) >= 11 is 1.30. The van der Waals surface area contributed by atoms with E-state index in [4.69, 9.17) is 4.74 Å². The lowest BCUT2D eigenvalue weighted by Gasteiger charge is -2.32. The quantitative estimate of drug-likeness (QED) is 0.492. The molecule has 1 atom stereocenters. The van der Waals surface area contributed by atoms with Gasteiger partial charge in [-0.1, -0.05) is 43.2 Å². The van der Waals surface area contributed by atoms with Crippen LogP contribution in [0.5, 0.6) is 5.75 Å². The number of benzene rings is 1. The highest BCUT2D eigenvalue weighted by Gasteiger charge is 2.34. The van der Waals surface area contributed by atoms with E-state index < -0.39 is 6.04 Å². The largest absolute Gasteiger partial charge is 0.494 e. The van der Waals surface area contributed by atoms with E-state index in [0.29, 0.717) is 22.8 Å². The summed E-state index contributed by atoms with van der Waals surface area (Å²) in [5.41, 5.74) is 0.606. The number of amides is 3. The van der Waals surface area contributed by atoms with Crippen molar-refractivity contribution in [3.05, 3.63) is 64.9 Å². The summed E-state index contributed by atoms with van der Waals surface area (Å²) in [6, 6.07) is 9.92. The van der Waals surface area contributed by atoms with Crippen LogP contribution in [0.2, 0.25) is 0 Å². The van der Waals surface area contributed by atoms with Gasteiger partial charge in [-0.2, -0.15) is 0 Å². The van der Waals surface area contributed by atoms with Crippen LogP contribution in [-0.4, -0.2) is 48.4 Å². The molecule has 0 bridgehead atoms. The smallest absolute Gasteiger partial charge is 0.261 e. The molecule has 1 fully saturated rings. The first kappa shape index (κ1) is 24.5. The predicted octanol–water partition coefficient (Wildman–Crippen LogP) is 3.69. The Balaban J connectivity index is 1.87. The fourth-order valence-corrected chi connectivity index (χ4v) is 4.68. The van der Waals surface area contributed by atoms with Crippen molar-refractivity contribution in [1.29, 1.82) is 0 Å². The van der Waals surface area contributed by atoms with Gasteiger partial charge in [-0.25, -0.2) is 0 Å². The molecule has 1 saturated carbocycles. The Morgan fingerprint density at radius 3 is 2.64 bits per heavy atom. The van der Waals surface area contributed by atoms with E-state index in [9.17, 15) is 14.4 Å². The lowest BCUT2D eigenvalue weighted by atomic mass is 10.0. The molecular weight excluding hydrogens is 438 g/mol. The summed E-state index contributed by atoms with van der Waals surface area (Å²) in [5, 5.41) is 7.58. The van der Waals surface area contributed by atoms with Crippen LogP contribution in [0.25, 0.3) is 0 Å². The van der Waals surface area contributed by atoms with Crippen molar-refractivity contribution in [2.45, 2.75) is 44.7 Å². The zero-order chi connectivity index (χ0) is 23.6. The van der Waals surface area contributed by atoms with Crippen LogP contribution >= 0.6 is 11.3 Å². The van der Waals surface area contributed by atoms with Gasteiger partial charge in [0.2, 0.25) is 11.8 Å². The summed E-state index contributed by atoms with van der Waals surface area (Å²) in [4.78, 5) is 41.1. The van der Waals surface area contributed by atoms with Crippen molar-refractivity contribution in [3.63, 3.8) is 0 Å². The molecule has 0 radical (unpaired) electrons. The molecule has 8 heteroatoms. The number of ether oxygens (including phenoxy) is 1. The fraction of sp³-hybridized carbons (Fsp3) is 0.400. The Morgan fingerprint density at radius 1 is 1.21 bits per heavy atom. The Hall–Kier alpha value is -3.13. The molecule has 1 aliphatic carbocycles. The van der Waals surface area contributed by atoms with Crippen LogP contribution in [0, 0.1) is 0 Å². The van der Waals surface area contributed by atoms with Gasteiger partial charge in [0.15, 0.2) is 0 Å². The van der Waals surface area contributed by atoms with Gasteiger partial charge in [0.25, 0.3) is 5.91 Å². The molecule has 1 aliphatic rings. The van der Waals surface area contributed by atoms with E-state index in [0.717, 1.165) is 25.7 Å². The highest BCUT2D eigenvalue weighted by molar-refractivity contribution is 7.12. The average molecular weight is 470 g/mol. The second kappa shape index (κ2) is 12.2. The summed E-state index contributed by atoms with van der Waals surface area (Å²) in [6.07, 6.45) is 5.60. The molecule has 3 amide bonds. The predicted molar refractivity (Wildman–Crippen MR) is 129 cm³/mol. The second-order valence-electron chi connectivity index (χ2n) is 7.86. The van der Waals surface area contributed by atoms with Gasteiger partial charge < -0.3 is 20.3 Å². The molecule has 1 aromatic heterocycles. The van der Waals surface area contributed by atoms with Gasteiger partial charge >= 0.3 is 0 Å². The van der Waals surface area contributed by atoms with Gasteiger partial charge in [0, 0.05) is 18.2 Å². The van der Waals surface area contributed by atoms with Crippen molar-refractivity contribution >= 4 is 29.1 Å². The maximum absolute atomic E-state index is 13.5. The molecule has 33 heavy (non-hydrogen) atoms. The first-order valence-electron chi connectivity index (χ1n) is 11.3. The van der Waals surface area contributed by atoms with Crippen LogP contribution in [0.3, 0.4) is 0 Å².